The number of hydrogen-bond donors (Lipinski definition) is 0. The summed E-state index contributed by atoms with van der Waals surface area (Å²) in [4.78, 5) is 12.0. The summed E-state index contributed by atoms with van der Waals surface area (Å²) < 4.78 is 9.36. The first kappa shape index (κ1) is 21.8. The van der Waals surface area contributed by atoms with E-state index in [0.717, 1.165) is 37.1 Å². The Hall–Kier alpha value is -0.280. The van der Waals surface area contributed by atoms with Crippen molar-refractivity contribution in [2.75, 3.05) is 32.8 Å². The predicted molar refractivity (Wildman–Crippen MR) is 109 cm³/mol. The molecule has 138 valence electrons. The van der Waals surface area contributed by atoms with Crippen molar-refractivity contribution >= 4 is 28.6 Å². The Balaban J connectivity index is 2.03. The Kier molecular flexibility index (Phi) is 12.6. The molecule has 3 nitrogen and oxygen atoms in total. The van der Waals surface area contributed by atoms with E-state index in [0.29, 0.717) is 13.0 Å². The summed E-state index contributed by atoms with van der Waals surface area (Å²) in [5.74, 6) is 3.17. The largest absolute Gasteiger partial charge is 0.466 e. The lowest BCUT2D eigenvalue weighted by atomic mass is 10.1. The van der Waals surface area contributed by atoms with Crippen LogP contribution >= 0.6 is 22.6 Å². The minimum absolute atomic E-state index is 0.0234. The Morgan fingerprint density at radius 3 is 2.29 bits per heavy atom. The number of ether oxygens (including phenoxy) is 1. The average molecular weight is 448 g/mol. The van der Waals surface area contributed by atoms with Crippen LogP contribution in [-0.2, 0) is 9.53 Å². The Morgan fingerprint density at radius 1 is 1.04 bits per heavy atom. The highest BCUT2D eigenvalue weighted by atomic mass is 127. The zero-order valence-corrected chi connectivity index (χ0v) is 17.6. The highest BCUT2D eigenvalue weighted by molar-refractivity contribution is 14.1. The minimum atomic E-state index is -0.0234. The molecule has 1 fully saturated rings. The Bertz CT molecular complexity index is 394. The fourth-order valence-corrected chi connectivity index (χ4v) is 3.66. The predicted octanol–water partition coefficient (Wildman–Crippen LogP) is 5.07. The molecule has 0 aromatic rings. The first-order chi connectivity index (χ1) is 11.7. The summed E-state index contributed by atoms with van der Waals surface area (Å²) >= 11 is 2.10. The van der Waals surface area contributed by atoms with Gasteiger partial charge in [0.1, 0.15) is 6.54 Å². The maximum Gasteiger partial charge on any atom is 0.311 e. The van der Waals surface area contributed by atoms with Gasteiger partial charge >= 0.3 is 5.97 Å². The second-order valence-electron chi connectivity index (χ2n) is 7.09. The van der Waals surface area contributed by atoms with E-state index in [2.05, 4.69) is 39.4 Å². The maximum absolute atomic E-state index is 12.0. The summed E-state index contributed by atoms with van der Waals surface area (Å²) in [6, 6.07) is 0. The summed E-state index contributed by atoms with van der Waals surface area (Å²) in [7, 11) is 0. The van der Waals surface area contributed by atoms with Crippen LogP contribution in [0.5, 0.6) is 0 Å². The summed E-state index contributed by atoms with van der Waals surface area (Å²) in [6.45, 7) is 6.95. The van der Waals surface area contributed by atoms with Crippen molar-refractivity contribution in [2.45, 2.75) is 77.6 Å². The molecular weight excluding hydrogens is 413 g/mol. The highest BCUT2D eigenvalue weighted by Crippen LogP contribution is 2.19. The number of halogens is 1. The van der Waals surface area contributed by atoms with Gasteiger partial charge in [0, 0.05) is 35.4 Å². The van der Waals surface area contributed by atoms with E-state index in [1.165, 1.54) is 57.8 Å². The van der Waals surface area contributed by atoms with Crippen molar-refractivity contribution in [3.05, 3.63) is 0 Å². The maximum atomic E-state index is 12.0. The third-order valence-corrected chi connectivity index (χ3v) is 5.43. The number of rotatable bonds is 13. The smallest absolute Gasteiger partial charge is 0.311 e. The Morgan fingerprint density at radius 2 is 1.67 bits per heavy atom. The molecule has 24 heavy (non-hydrogen) atoms. The van der Waals surface area contributed by atoms with Crippen LogP contribution in [0.3, 0.4) is 0 Å². The van der Waals surface area contributed by atoms with Crippen molar-refractivity contribution < 1.29 is 14.0 Å². The van der Waals surface area contributed by atoms with Crippen LogP contribution in [0.25, 0.3) is 0 Å². The molecule has 1 rings (SSSR count). The van der Waals surface area contributed by atoms with Gasteiger partial charge in [-0.3, -0.25) is 4.79 Å². The lowest BCUT2D eigenvalue weighted by molar-refractivity contribution is -0.909. The molecule has 1 saturated heterocycles. The van der Waals surface area contributed by atoms with E-state index in [-0.39, 0.29) is 5.97 Å². The van der Waals surface area contributed by atoms with Gasteiger partial charge in [-0.05, 0) is 16.3 Å². The third-order valence-electron chi connectivity index (χ3n) is 5.05. The molecule has 0 aromatic carbocycles. The number of unbranched alkanes of at least 4 members (excludes halogenated alkanes) is 7. The van der Waals surface area contributed by atoms with Crippen LogP contribution in [0.4, 0.5) is 0 Å². The molecule has 0 N–H and O–H groups in total. The molecule has 0 spiro atoms. The van der Waals surface area contributed by atoms with Crippen molar-refractivity contribution in [3.63, 3.8) is 0 Å². The first-order valence-corrected chi connectivity index (χ1v) is 10.9. The third kappa shape index (κ3) is 9.88. The number of likely N-dealkylation sites (tertiary alicyclic amines) is 1. The molecule has 1 aliphatic rings. The molecule has 0 radical (unpaired) electrons. The fourth-order valence-electron chi connectivity index (χ4n) is 3.49. The molecule has 1 aliphatic heterocycles. The van der Waals surface area contributed by atoms with E-state index in [9.17, 15) is 4.79 Å². The monoisotopic (exact) mass is 448 g/mol. The molecule has 0 bridgehead atoms. The van der Waals surface area contributed by atoms with Crippen LogP contribution in [0.1, 0.15) is 77.6 Å². The average Bonchev–Trinajstić information content (AvgIpc) is 3.06. The van der Waals surface area contributed by atoms with Gasteiger partial charge in [0.05, 0.1) is 32.7 Å². The van der Waals surface area contributed by atoms with Crippen LogP contribution in [-0.4, -0.2) is 43.2 Å². The van der Waals surface area contributed by atoms with Gasteiger partial charge < -0.3 is 9.22 Å². The van der Waals surface area contributed by atoms with Crippen molar-refractivity contribution in [1.82, 2.24) is 0 Å². The highest BCUT2D eigenvalue weighted by Gasteiger charge is 2.31. The van der Waals surface area contributed by atoms with Crippen molar-refractivity contribution in [1.29, 1.82) is 0 Å². The second-order valence-corrected chi connectivity index (χ2v) is 7.63. The van der Waals surface area contributed by atoms with Crippen LogP contribution in [0, 0.1) is 9.85 Å². The van der Waals surface area contributed by atoms with Crippen LogP contribution < -0.4 is 0 Å². The van der Waals surface area contributed by atoms with Crippen LogP contribution in [0.15, 0.2) is 0 Å². The number of nitrogens with zero attached hydrogens (tertiary/aromatic N) is 1. The van der Waals surface area contributed by atoms with Crippen LogP contribution in [0.2, 0.25) is 0 Å². The SMILES string of the molecule is CCCCCCCCCCOC(=O)CC[N+]1(CC#CI)CCCC1. The first-order valence-electron chi connectivity index (χ1n) is 9.82. The molecule has 1 heterocycles. The van der Waals surface area contributed by atoms with Gasteiger partial charge in [-0.1, -0.05) is 51.9 Å². The minimum Gasteiger partial charge on any atom is -0.466 e. The standard InChI is InChI=1S/C20H35INO2/c1-2-3-4-5-6-7-8-11-19-24-20(23)13-18-22(17-12-14-21)15-9-10-16-22/h2-11,13,15-19H2,1H3/q+1. The van der Waals surface area contributed by atoms with Crippen molar-refractivity contribution in [2.24, 2.45) is 0 Å². The molecule has 0 aliphatic carbocycles. The number of esters is 1. The van der Waals surface area contributed by atoms with Gasteiger partial charge in [-0.2, -0.15) is 0 Å². The van der Waals surface area contributed by atoms with E-state index < -0.39 is 0 Å². The zero-order valence-electron chi connectivity index (χ0n) is 15.5. The molecule has 0 amide bonds. The topological polar surface area (TPSA) is 26.3 Å². The normalized spacial score (nSPS) is 15.8. The molecule has 0 unspecified atom stereocenters. The fraction of sp³-hybridized carbons (Fsp3) is 0.850. The molecule has 0 saturated carbocycles. The second kappa shape index (κ2) is 13.9. The quantitative estimate of drug-likeness (QED) is 0.129. The summed E-state index contributed by atoms with van der Waals surface area (Å²) in [6.07, 6.45) is 13.3. The molecule has 0 aromatic heterocycles. The van der Waals surface area contributed by atoms with Crippen molar-refractivity contribution in [3.8, 4) is 9.85 Å². The lowest BCUT2D eigenvalue weighted by Gasteiger charge is -2.31. The number of carbonyl (C=O) groups is 1. The molecule has 4 heteroatoms. The number of hydrogen-bond acceptors (Lipinski definition) is 2. The lowest BCUT2D eigenvalue weighted by Crippen LogP contribution is -2.47. The van der Waals surface area contributed by atoms with Gasteiger partial charge in [0.15, 0.2) is 0 Å². The Labute approximate surface area is 162 Å². The number of quaternary nitrogens is 1. The number of carbonyl (C=O) groups excluding carboxylic acids is 1. The van der Waals surface area contributed by atoms with Gasteiger partial charge in [0.25, 0.3) is 0 Å². The summed E-state index contributed by atoms with van der Waals surface area (Å²) in [5, 5.41) is 0. The zero-order chi connectivity index (χ0) is 17.5. The molecule has 0 atom stereocenters. The van der Waals surface area contributed by atoms with E-state index in [4.69, 9.17) is 4.74 Å². The van der Waals surface area contributed by atoms with E-state index >= 15 is 0 Å². The van der Waals surface area contributed by atoms with E-state index in [1.807, 2.05) is 0 Å². The van der Waals surface area contributed by atoms with Gasteiger partial charge in [-0.15, -0.1) is 0 Å². The van der Waals surface area contributed by atoms with Gasteiger partial charge in [0.2, 0.25) is 0 Å². The van der Waals surface area contributed by atoms with Gasteiger partial charge in [-0.25, -0.2) is 0 Å². The summed E-state index contributed by atoms with van der Waals surface area (Å²) in [5.41, 5.74) is 0. The van der Waals surface area contributed by atoms with E-state index in [1.54, 1.807) is 0 Å². The molecular formula is C20H35INO2+.